The monoisotopic (exact) mass is 383 g/mol. The summed E-state index contributed by atoms with van der Waals surface area (Å²) < 4.78 is 11.1. The highest BCUT2D eigenvalue weighted by Crippen LogP contribution is 2.19. The molecule has 0 fully saturated rings. The van der Waals surface area contributed by atoms with E-state index in [2.05, 4.69) is 21.2 Å². The Morgan fingerprint density at radius 2 is 2.04 bits per heavy atom. The van der Waals surface area contributed by atoms with E-state index in [0.717, 1.165) is 15.6 Å². The number of alkyl carbamates (subject to hydrolysis) is 1. The van der Waals surface area contributed by atoms with Gasteiger partial charge in [0.15, 0.2) is 0 Å². The number of hydrogen-bond donors (Lipinski definition) is 1. The zero-order valence-corrected chi connectivity index (χ0v) is 15.4. The molecule has 0 unspecified atom stereocenters. The van der Waals surface area contributed by atoms with Crippen molar-refractivity contribution < 1.29 is 19.1 Å². The molecule has 1 amide bonds. The molecule has 0 radical (unpaired) electrons. The molecular formula is C17H22BrNO4. The Morgan fingerprint density at radius 3 is 2.65 bits per heavy atom. The van der Waals surface area contributed by atoms with Crippen LogP contribution in [-0.4, -0.2) is 24.7 Å². The maximum absolute atomic E-state index is 11.6. The van der Waals surface area contributed by atoms with E-state index in [4.69, 9.17) is 9.47 Å². The summed E-state index contributed by atoms with van der Waals surface area (Å²) in [7, 11) is 0. The zero-order valence-electron chi connectivity index (χ0n) is 13.8. The van der Waals surface area contributed by atoms with Crippen LogP contribution in [0.25, 0.3) is 6.08 Å². The van der Waals surface area contributed by atoms with Gasteiger partial charge in [-0.2, -0.15) is 0 Å². The molecule has 0 atom stereocenters. The molecule has 1 aromatic carbocycles. The molecule has 0 spiro atoms. The van der Waals surface area contributed by atoms with Crippen molar-refractivity contribution >= 4 is 34.6 Å². The van der Waals surface area contributed by atoms with Crippen LogP contribution in [0.4, 0.5) is 4.79 Å². The van der Waals surface area contributed by atoms with Crippen molar-refractivity contribution in [2.45, 2.75) is 39.7 Å². The minimum absolute atomic E-state index is 0.307. The number of amides is 1. The van der Waals surface area contributed by atoms with Crippen molar-refractivity contribution in [3.05, 3.63) is 39.6 Å². The topological polar surface area (TPSA) is 64.6 Å². The second kappa shape index (κ2) is 8.72. The van der Waals surface area contributed by atoms with Crippen LogP contribution in [0.1, 0.15) is 38.3 Å². The van der Waals surface area contributed by atoms with Gasteiger partial charge in [-0.15, -0.1) is 0 Å². The molecule has 0 aromatic heterocycles. The SMILES string of the molecule is Cc1ccc(Br)cc1/C=C(/CCNC(=O)OC(C)(C)C)OC=O. The normalized spacial score (nSPS) is 11.8. The lowest BCUT2D eigenvalue weighted by molar-refractivity contribution is -0.125. The van der Waals surface area contributed by atoms with Crippen molar-refractivity contribution in [2.24, 2.45) is 0 Å². The Morgan fingerprint density at radius 1 is 1.35 bits per heavy atom. The lowest BCUT2D eigenvalue weighted by Gasteiger charge is -2.19. The van der Waals surface area contributed by atoms with Crippen LogP contribution < -0.4 is 5.32 Å². The fraction of sp³-hybridized carbons (Fsp3) is 0.412. The van der Waals surface area contributed by atoms with E-state index in [-0.39, 0.29) is 0 Å². The average molecular weight is 384 g/mol. The van der Waals surface area contributed by atoms with Gasteiger partial charge in [0.25, 0.3) is 6.47 Å². The third kappa shape index (κ3) is 7.83. The van der Waals surface area contributed by atoms with Crippen molar-refractivity contribution in [1.29, 1.82) is 0 Å². The maximum Gasteiger partial charge on any atom is 0.407 e. The van der Waals surface area contributed by atoms with Gasteiger partial charge in [0.1, 0.15) is 11.4 Å². The molecule has 1 N–H and O–H groups in total. The summed E-state index contributed by atoms with van der Waals surface area (Å²) in [5.41, 5.74) is 1.45. The maximum atomic E-state index is 11.6. The first kappa shape index (κ1) is 19.2. The van der Waals surface area contributed by atoms with Crippen molar-refractivity contribution in [3.8, 4) is 0 Å². The number of ether oxygens (including phenoxy) is 2. The predicted octanol–water partition coefficient (Wildman–Crippen LogP) is 4.19. The molecule has 23 heavy (non-hydrogen) atoms. The Labute approximate surface area is 145 Å². The molecular weight excluding hydrogens is 362 g/mol. The lowest BCUT2D eigenvalue weighted by atomic mass is 10.1. The molecule has 0 heterocycles. The second-order valence-electron chi connectivity index (χ2n) is 6.00. The second-order valence-corrected chi connectivity index (χ2v) is 6.92. The minimum atomic E-state index is -0.546. The van der Waals surface area contributed by atoms with Crippen molar-refractivity contribution in [3.63, 3.8) is 0 Å². The molecule has 1 aromatic rings. The third-order valence-electron chi connectivity index (χ3n) is 2.80. The van der Waals surface area contributed by atoms with Gasteiger partial charge < -0.3 is 14.8 Å². The largest absolute Gasteiger partial charge is 0.444 e. The number of benzene rings is 1. The summed E-state index contributed by atoms with van der Waals surface area (Å²) in [5.74, 6) is 0.470. The van der Waals surface area contributed by atoms with Crippen LogP contribution in [0, 0.1) is 6.92 Å². The average Bonchev–Trinajstić information content (AvgIpc) is 2.41. The quantitative estimate of drug-likeness (QED) is 0.590. The van der Waals surface area contributed by atoms with E-state index in [1.807, 2.05) is 25.1 Å². The Bertz CT molecular complexity index is 591. The molecule has 0 aliphatic carbocycles. The van der Waals surface area contributed by atoms with Gasteiger partial charge in [0, 0.05) is 17.4 Å². The molecule has 5 nitrogen and oxygen atoms in total. The molecule has 1 rings (SSSR count). The van der Waals surface area contributed by atoms with Crippen LogP contribution in [0.2, 0.25) is 0 Å². The van der Waals surface area contributed by atoms with E-state index in [1.54, 1.807) is 26.8 Å². The van der Waals surface area contributed by atoms with Gasteiger partial charge in [0.2, 0.25) is 0 Å². The summed E-state index contributed by atoms with van der Waals surface area (Å²) in [5, 5.41) is 2.63. The Balaban J connectivity index is 2.68. The highest BCUT2D eigenvalue weighted by atomic mass is 79.9. The van der Waals surface area contributed by atoms with Gasteiger partial charge in [-0.25, -0.2) is 4.79 Å². The van der Waals surface area contributed by atoms with E-state index in [0.29, 0.717) is 25.2 Å². The van der Waals surface area contributed by atoms with E-state index >= 15 is 0 Å². The lowest BCUT2D eigenvalue weighted by Crippen LogP contribution is -2.33. The van der Waals surface area contributed by atoms with Gasteiger partial charge in [-0.3, -0.25) is 4.79 Å². The van der Waals surface area contributed by atoms with E-state index < -0.39 is 11.7 Å². The van der Waals surface area contributed by atoms with Crippen LogP contribution in [0.15, 0.2) is 28.4 Å². The summed E-state index contributed by atoms with van der Waals surface area (Å²) in [6.45, 7) is 8.04. The first-order valence-electron chi connectivity index (χ1n) is 7.25. The standard InChI is InChI=1S/C17H22BrNO4/c1-12-5-6-14(18)9-13(12)10-15(22-11-20)7-8-19-16(21)23-17(2,3)4/h5-6,9-11H,7-8H2,1-4H3,(H,19,21)/b15-10-. The van der Waals surface area contributed by atoms with E-state index in [9.17, 15) is 9.59 Å². The third-order valence-corrected chi connectivity index (χ3v) is 3.29. The number of carbonyl (C=O) groups is 2. The fourth-order valence-electron chi connectivity index (χ4n) is 1.77. The zero-order chi connectivity index (χ0) is 17.5. The highest BCUT2D eigenvalue weighted by molar-refractivity contribution is 9.10. The van der Waals surface area contributed by atoms with Crippen LogP contribution in [0.3, 0.4) is 0 Å². The molecule has 0 aliphatic rings. The Kier molecular flexibility index (Phi) is 7.29. The molecule has 0 saturated heterocycles. The van der Waals surface area contributed by atoms with Crippen molar-refractivity contribution in [1.82, 2.24) is 5.32 Å². The summed E-state index contributed by atoms with van der Waals surface area (Å²) in [6, 6.07) is 5.84. The summed E-state index contributed by atoms with van der Waals surface area (Å²) in [6.07, 6.45) is 1.66. The molecule has 126 valence electrons. The number of hydrogen-bond acceptors (Lipinski definition) is 4. The number of halogens is 1. The molecule has 0 saturated carbocycles. The number of nitrogens with one attached hydrogen (secondary N) is 1. The summed E-state index contributed by atoms with van der Waals surface area (Å²) in [4.78, 5) is 22.2. The van der Waals surface area contributed by atoms with Crippen LogP contribution in [0.5, 0.6) is 0 Å². The number of carbonyl (C=O) groups excluding carboxylic acids is 2. The number of aryl methyl sites for hydroxylation is 1. The van der Waals surface area contributed by atoms with Gasteiger partial charge in [0.05, 0.1) is 0 Å². The highest BCUT2D eigenvalue weighted by Gasteiger charge is 2.15. The van der Waals surface area contributed by atoms with Gasteiger partial charge in [-0.1, -0.05) is 22.0 Å². The van der Waals surface area contributed by atoms with Crippen molar-refractivity contribution in [2.75, 3.05) is 6.54 Å². The van der Waals surface area contributed by atoms with Gasteiger partial charge in [-0.05, 0) is 57.0 Å². The van der Waals surface area contributed by atoms with Gasteiger partial charge >= 0.3 is 6.09 Å². The smallest absolute Gasteiger partial charge is 0.407 e. The minimum Gasteiger partial charge on any atom is -0.444 e. The van der Waals surface area contributed by atoms with E-state index in [1.165, 1.54) is 0 Å². The predicted molar refractivity (Wildman–Crippen MR) is 92.9 cm³/mol. The van der Waals surface area contributed by atoms with Crippen LogP contribution >= 0.6 is 15.9 Å². The molecule has 6 heteroatoms. The molecule has 0 bridgehead atoms. The molecule has 0 aliphatic heterocycles. The first-order chi connectivity index (χ1) is 10.7. The first-order valence-corrected chi connectivity index (χ1v) is 8.04. The summed E-state index contributed by atoms with van der Waals surface area (Å²) >= 11 is 3.41. The fourth-order valence-corrected chi connectivity index (χ4v) is 2.15. The number of rotatable bonds is 6. The van der Waals surface area contributed by atoms with Crippen LogP contribution in [-0.2, 0) is 14.3 Å². The Hall–Kier alpha value is -1.82.